The molecule has 0 aliphatic carbocycles. The minimum absolute atomic E-state index is 0.0429. The number of piperazine rings is 1. The predicted octanol–water partition coefficient (Wildman–Crippen LogP) is 4.93. The van der Waals surface area contributed by atoms with Crippen molar-refractivity contribution in [3.8, 4) is 5.75 Å². The van der Waals surface area contributed by atoms with Crippen molar-refractivity contribution in [3.63, 3.8) is 0 Å². The Morgan fingerprint density at radius 3 is 2.57 bits per heavy atom. The fourth-order valence-corrected chi connectivity index (χ4v) is 4.09. The number of rotatable bonds is 7. The van der Waals surface area contributed by atoms with Crippen LogP contribution in [0.1, 0.15) is 37.8 Å². The molecule has 0 unspecified atom stereocenters. The van der Waals surface area contributed by atoms with Crippen molar-refractivity contribution >= 4 is 28.9 Å². The quantitative estimate of drug-likeness (QED) is 0.677. The van der Waals surface area contributed by atoms with E-state index in [2.05, 4.69) is 48.0 Å². The van der Waals surface area contributed by atoms with Gasteiger partial charge in [-0.25, -0.2) is 0 Å². The van der Waals surface area contributed by atoms with Gasteiger partial charge in [-0.3, -0.25) is 4.79 Å². The number of nitrogens with zero attached hydrogens (tertiary/aromatic N) is 2. The van der Waals surface area contributed by atoms with Gasteiger partial charge >= 0.3 is 0 Å². The van der Waals surface area contributed by atoms with Crippen LogP contribution in [0.15, 0.2) is 36.4 Å². The van der Waals surface area contributed by atoms with Crippen LogP contribution in [0, 0.1) is 6.92 Å². The standard InChI is InChI=1S/C24H32ClN3O2/c1-5-27-11-13-28(14-12-27)24-20(25)7-6-8-21(24)26-23(29)16-30-22-15-18(4)9-10-19(22)17(2)3/h6-10,15,17H,5,11-14,16H2,1-4H3,(H,26,29). The van der Waals surface area contributed by atoms with Crippen LogP contribution in [-0.2, 0) is 4.79 Å². The van der Waals surface area contributed by atoms with Gasteiger partial charge in [0.15, 0.2) is 6.61 Å². The molecule has 1 amide bonds. The number of carbonyl (C=O) groups excluding carboxylic acids is 1. The highest BCUT2D eigenvalue weighted by molar-refractivity contribution is 6.34. The largest absolute Gasteiger partial charge is 0.483 e. The Morgan fingerprint density at radius 2 is 1.90 bits per heavy atom. The highest BCUT2D eigenvalue weighted by Gasteiger charge is 2.21. The van der Waals surface area contributed by atoms with Crippen molar-refractivity contribution in [1.29, 1.82) is 0 Å². The number of carbonyl (C=O) groups is 1. The molecule has 1 saturated heterocycles. The molecule has 1 N–H and O–H groups in total. The zero-order valence-electron chi connectivity index (χ0n) is 18.4. The van der Waals surface area contributed by atoms with Crippen molar-refractivity contribution in [3.05, 3.63) is 52.5 Å². The third kappa shape index (κ3) is 5.46. The average Bonchev–Trinajstić information content (AvgIpc) is 2.72. The number of para-hydroxylation sites is 1. The molecule has 6 heteroatoms. The van der Waals surface area contributed by atoms with Gasteiger partial charge in [-0.15, -0.1) is 0 Å². The van der Waals surface area contributed by atoms with E-state index in [1.54, 1.807) is 0 Å². The lowest BCUT2D eigenvalue weighted by Gasteiger charge is -2.36. The molecule has 1 aliphatic rings. The molecule has 1 heterocycles. The van der Waals surface area contributed by atoms with E-state index in [0.717, 1.165) is 61.0 Å². The van der Waals surface area contributed by atoms with Crippen molar-refractivity contribution < 1.29 is 9.53 Å². The molecule has 0 atom stereocenters. The molecule has 0 spiro atoms. The first kappa shape index (κ1) is 22.4. The second kappa shape index (κ2) is 10.2. The van der Waals surface area contributed by atoms with Gasteiger partial charge in [0.1, 0.15) is 5.75 Å². The van der Waals surface area contributed by atoms with E-state index in [9.17, 15) is 4.79 Å². The number of halogens is 1. The van der Waals surface area contributed by atoms with E-state index in [0.29, 0.717) is 10.9 Å². The van der Waals surface area contributed by atoms with Crippen molar-refractivity contribution in [2.75, 3.05) is 49.5 Å². The second-order valence-electron chi connectivity index (χ2n) is 8.09. The third-order valence-electron chi connectivity index (χ3n) is 5.55. The van der Waals surface area contributed by atoms with Gasteiger partial charge in [-0.05, 0) is 48.7 Å². The molecule has 5 nitrogen and oxygen atoms in total. The van der Waals surface area contributed by atoms with Crippen LogP contribution in [0.2, 0.25) is 5.02 Å². The summed E-state index contributed by atoms with van der Waals surface area (Å²) in [6, 6.07) is 11.8. The van der Waals surface area contributed by atoms with Gasteiger partial charge in [0.05, 0.1) is 16.4 Å². The molecule has 0 radical (unpaired) electrons. The lowest BCUT2D eigenvalue weighted by molar-refractivity contribution is -0.118. The lowest BCUT2D eigenvalue weighted by Crippen LogP contribution is -2.46. The predicted molar refractivity (Wildman–Crippen MR) is 125 cm³/mol. The second-order valence-corrected chi connectivity index (χ2v) is 8.50. The summed E-state index contributed by atoms with van der Waals surface area (Å²) in [4.78, 5) is 17.4. The van der Waals surface area contributed by atoms with E-state index >= 15 is 0 Å². The number of anilines is 2. The molecule has 30 heavy (non-hydrogen) atoms. The summed E-state index contributed by atoms with van der Waals surface area (Å²) >= 11 is 6.52. The summed E-state index contributed by atoms with van der Waals surface area (Å²) < 4.78 is 5.89. The van der Waals surface area contributed by atoms with Gasteiger partial charge in [-0.1, -0.05) is 50.6 Å². The van der Waals surface area contributed by atoms with Crippen LogP contribution in [-0.4, -0.2) is 50.1 Å². The Kier molecular flexibility index (Phi) is 7.62. The Bertz CT molecular complexity index is 877. The minimum atomic E-state index is -0.193. The first-order valence-corrected chi connectivity index (χ1v) is 11.1. The van der Waals surface area contributed by atoms with Crippen LogP contribution >= 0.6 is 11.6 Å². The number of ether oxygens (including phenoxy) is 1. The molecule has 1 aliphatic heterocycles. The molecule has 2 aromatic carbocycles. The molecule has 0 saturated carbocycles. The maximum absolute atomic E-state index is 12.7. The van der Waals surface area contributed by atoms with E-state index in [4.69, 9.17) is 16.3 Å². The summed E-state index contributed by atoms with van der Waals surface area (Å²) in [6.45, 7) is 13.2. The lowest BCUT2D eigenvalue weighted by atomic mass is 10.0. The zero-order chi connectivity index (χ0) is 21.7. The zero-order valence-corrected chi connectivity index (χ0v) is 19.1. The van der Waals surface area contributed by atoms with E-state index < -0.39 is 0 Å². The van der Waals surface area contributed by atoms with Gasteiger partial charge in [-0.2, -0.15) is 0 Å². The summed E-state index contributed by atoms with van der Waals surface area (Å²) in [7, 11) is 0. The van der Waals surface area contributed by atoms with Gasteiger partial charge in [0.25, 0.3) is 5.91 Å². The number of nitrogens with one attached hydrogen (secondary N) is 1. The molecular weight excluding hydrogens is 398 g/mol. The first-order chi connectivity index (χ1) is 14.4. The maximum Gasteiger partial charge on any atom is 0.262 e. The first-order valence-electron chi connectivity index (χ1n) is 10.7. The minimum Gasteiger partial charge on any atom is -0.483 e. The van der Waals surface area contributed by atoms with Crippen LogP contribution in [0.25, 0.3) is 0 Å². The number of aryl methyl sites for hydroxylation is 1. The van der Waals surface area contributed by atoms with Crippen LogP contribution in [0.3, 0.4) is 0 Å². The van der Waals surface area contributed by atoms with Gasteiger partial charge in [0, 0.05) is 26.2 Å². The Balaban J connectivity index is 1.69. The Hall–Kier alpha value is -2.24. The van der Waals surface area contributed by atoms with Crippen LogP contribution in [0.4, 0.5) is 11.4 Å². The normalized spacial score (nSPS) is 14.8. The van der Waals surface area contributed by atoms with Crippen LogP contribution in [0.5, 0.6) is 5.75 Å². The molecule has 0 bridgehead atoms. The van der Waals surface area contributed by atoms with E-state index in [1.165, 1.54) is 0 Å². The summed E-state index contributed by atoms with van der Waals surface area (Å²) in [5.41, 5.74) is 3.83. The summed E-state index contributed by atoms with van der Waals surface area (Å²) in [5, 5.41) is 3.66. The highest BCUT2D eigenvalue weighted by Crippen LogP contribution is 2.34. The molecule has 3 rings (SSSR count). The molecule has 162 valence electrons. The molecule has 2 aromatic rings. The number of likely N-dealkylation sites (N-methyl/N-ethyl adjacent to an activating group) is 1. The van der Waals surface area contributed by atoms with Crippen molar-refractivity contribution in [2.24, 2.45) is 0 Å². The Morgan fingerprint density at radius 1 is 1.17 bits per heavy atom. The smallest absolute Gasteiger partial charge is 0.262 e. The molecule has 1 fully saturated rings. The van der Waals surface area contributed by atoms with Crippen LogP contribution < -0.4 is 15.0 Å². The van der Waals surface area contributed by atoms with Gasteiger partial charge in [0.2, 0.25) is 0 Å². The average molecular weight is 430 g/mol. The fourth-order valence-electron chi connectivity index (χ4n) is 3.80. The Labute approximate surface area is 185 Å². The molecular formula is C24H32ClN3O2. The number of hydrogen-bond donors (Lipinski definition) is 1. The SMILES string of the molecule is CCN1CCN(c2c(Cl)cccc2NC(=O)COc2cc(C)ccc2C(C)C)CC1. The topological polar surface area (TPSA) is 44.8 Å². The summed E-state index contributed by atoms with van der Waals surface area (Å²) in [5.74, 6) is 0.897. The maximum atomic E-state index is 12.7. The van der Waals surface area contributed by atoms with Gasteiger partial charge < -0.3 is 19.9 Å². The molecule has 0 aromatic heterocycles. The summed E-state index contributed by atoms with van der Waals surface area (Å²) in [6.07, 6.45) is 0. The van der Waals surface area contributed by atoms with Crippen molar-refractivity contribution in [2.45, 2.75) is 33.6 Å². The van der Waals surface area contributed by atoms with Crippen molar-refractivity contribution in [1.82, 2.24) is 4.90 Å². The highest BCUT2D eigenvalue weighted by atomic mass is 35.5. The van der Waals surface area contributed by atoms with E-state index in [1.807, 2.05) is 31.2 Å². The number of amides is 1. The monoisotopic (exact) mass is 429 g/mol. The number of hydrogen-bond acceptors (Lipinski definition) is 4. The fraction of sp³-hybridized carbons (Fsp3) is 0.458. The third-order valence-corrected chi connectivity index (χ3v) is 5.85. The van der Waals surface area contributed by atoms with E-state index in [-0.39, 0.29) is 12.5 Å². The number of benzene rings is 2.